The molecular formula is C30H31FN10O3. The molecule has 0 bridgehead atoms. The molecule has 5 heterocycles. The standard InChI is InChI=1S/C30H31FN10O3/c1-15-7-8-32-28(33-15)30(31)11-20(30)27(43)38-24-10-23(35-17(3)36-24)34-16(2)21-13-40-12-19(18-5-6-18)9-22(26(40)37-21)41-14-25(42)39(4)29(41)44/h7-10,12-13,16,18,20H,5-6,11,14H2,1-4H3,(H2,34,35,36,38,43)/t16-,20?,30?/m1/s1. The number of aryl methyl sites for hydroxylation is 2. The number of anilines is 3. The summed E-state index contributed by atoms with van der Waals surface area (Å²) in [6, 6.07) is 4.52. The van der Waals surface area contributed by atoms with Crippen LogP contribution >= 0.6 is 0 Å². The van der Waals surface area contributed by atoms with E-state index < -0.39 is 17.5 Å². The number of aromatic nitrogens is 6. The summed E-state index contributed by atoms with van der Waals surface area (Å²) in [5.41, 5.74) is 1.67. The van der Waals surface area contributed by atoms with E-state index >= 15 is 4.39 Å². The number of hydrogen-bond acceptors (Lipinski definition) is 9. The van der Waals surface area contributed by atoms with Gasteiger partial charge in [0.1, 0.15) is 24.0 Å². The van der Waals surface area contributed by atoms with Crippen molar-refractivity contribution in [2.24, 2.45) is 5.92 Å². The Hall–Kier alpha value is -5.01. The zero-order valence-electron chi connectivity index (χ0n) is 24.7. The molecule has 2 N–H and O–H groups in total. The molecule has 226 valence electrons. The van der Waals surface area contributed by atoms with E-state index in [1.54, 1.807) is 26.0 Å². The summed E-state index contributed by atoms with van der Waals surface area (Å²) in [7, 11) is 1.48. The van der Waals surface area contributed by atoms with E-state index in [4.69, 9.17) is 4.98 Å². The predicted octanol–water partition coefficient (Wildman–Crippen LogP) is 3.80. The van der Waals surface area contributed by atoms with Crippen molar-refractivity contribution >= 4 is 40.8 Å². The second-order valence-corrected chi connectivity index (χ2v) is 11.8. The zero-order valence-corrected chi connectivity index (χ0v) is 24.7. The Balaban J connectivity index is 1.11. The number of imide groups is 1. The van der Waals surface area contributed by atoms with Gasteiger partial charge in [-0.1, -0.05) is 0 Å². The van der Waals surface area contributed by atoms with Crippen molar-refractivity contribution in [2.75, 3.05) is 29.1 Å². The molecule has 4 aromatic rings. The molecule has 3 fully saturated rings. The molecule has 13 nitrogen and oxygen atoms in total. The van der Waals surface area contributed by atoms with Crippen LogP contribution in [0.2, 0.25) is 0 Å². The fourth-order valence-corrected chi connectivity index (χ4v) is 5.60. The number of pyridine rings is 1. The molecule has 1 aliphatic heterocycles. The monoisotopic (exact) mass is 598 g/mol. The fraction of sp³-hybridized carbons (Fsp3) is 0.400. The summed E-state index contributed by atoms with van der Waals surface area (Å²) in [6.45, 7) is 5.33. The summed E-state index contributed by atoms with van der Waals surface area (Å²) in [4.78, 5) is 62.5. The van der Waals surface area contributed by atoms with Crippen LogP contribution in [0.25, 0.3) is 5.65 Å². The van der Waals surface area contributed by atoms with Gasteiger partial charge >= 0.3 is 6.03 Å². The Morgan fingerprint density at radius 2 is 1.86 bits per heavy atom. The van der Waals surface area contributed by atoms with Crippen LogP contribution in [0.5, 0.6) is 0 Å². The summed E-state index contributed by atoms with van der Waals surface area (Å²) in [5, 5.41) is 6.03. The molecule has 44 heavy (non-hydrogen) atoms. The van der Waals surface area contributed by atoms with Crippen molar-refractivity contribution in [2.45, 2.75) is 57.7 Å². The van der Waals surface area contributed by atoms with Crippen molar-refractivity contribution in [3.8, 4) is 0 Å². The number of rotatable bonds is 8. The van der Waals surface area contributed by atoms with Gasteiger partial charge in [0, 0.05) is 43.8 Å². The van der Waals surface area contributed by atoms with Crippen molar-refractivity contribution in [3.63, 3.8) is 0 Å². The molecule has 3 atom stereocenters. The molecule has 3 aliphatic rings. The first-order valence-electron chi connectivity index (χ1n) is 14.5. The van der Waals surface area contributed by atoms with E-state index in [-0.39, 0.29) is 42.6 Å². The molecule has 2 aliphatic carbocycles. The molecule has 4 aromatic heterocycles. The highest BCUT2D eigenvalue weighted by atomic mass is 19.1. The number of carbonyl (C=O) groups is 3. The number of imidazole rings is 1. The van der Waals surface area contributed by atoms with Crippen LogP contribution < -0.4 is 15.5 Å². The van der Waals surface area contributed by atoms with Crippen molar-refractivity contribution in [3.05, 3.63) is 65.4 Å². The minimum atomic E-state index is -1.91. The predicted molar refractivity (Wildman–Crippen MR) is 158 cm³/mol. The maximum atomic E-state index is 15.4. The van der Waals surface area contributed by atoms with Crippen molar-refractivity contribution < 1.29 is 18.8 Å². The van der Waals surface area contributed by atoms with Gasteiger partial charge in [-0.05, 0) is 57.2 Å². The maximum absolute atomic E-state index is 15.4. The largest absolute Gasteiger partial charge is 0.362 e. The van der Waals surface area contributed by atoms with Crippen LogP contribution in [0, 0.1) is 19.8 Å². The van der Waals surface area contributed by atoms with Crippen LogP contribution in [-0.4, -0.2) is 65.7 Å². The second-order valence-electron chi connectivity index (χ2n) is 11.8. The fourth-order valence-electron chi connectivity index (χ4n) is 5.60. The minimum Gasteiger partial charge on any atom is -0.362 e. The second kappa shape index (κ2) is 10.0. The molecule has 2 unspecified atom stereocenters. The van der Waals surface area contributed by atoms with Gasteiger partial charge in [-0.25, -0.2) is 34.1 Å². The van der Waals surface area contributed by atoms with Crippen molar-refractivity contribution in [1.82, 2.24) is 34.2 Å². The number of amides is 4. The van der Waals surface area contributed by atoms with E-state index in [9.17, 15) is 14.4 Å². The number of carbonyl (C=O) groups excluding carboxylic acids is 3. The van der Waals surface area contributed by atoms with Gasteiger partial charge in [0.05, 0.1) is 23.3 Å². The smallest absolute Gasteiger partial charge is 0.331 e. The minimum absolute atomic E-state index is 0.000298. The maximum Gasteiger partial charge on any atom is 0.331 e. The van der Waals surface area contributed by atoms with Gasteiger partial charge in [0.2, 0.25) is 11.8 Å². The number of hydrogen-bond donors (Lipinski definition) is 2. The van der Waals surface area contributed by atoms with E-state index in [1.807, 2.05) is 29.8 Å². The lowest BCUT2D eigenvalue weighted by Gasteiger charge is -2.17. The number of nitrogens with one attached hydrogen (secondary N) is 2. The first-order valence-corrected chi connectivity index (χ1v) is 14.5. The molecule has 14 heteroatoms. The zero-order chi connectivity index (χ0) is 30.9. The van der Waals surface area contributed by atoms with E-state index in [0.29, 0.717) is 40.3 Å². The third kappa shape index (κ3) is 4.89. The highest BCUT2D eigenvalue weighted by Crippen LogP contribution is 2.54. The third-order valence-electron chi connectivity index (χ3n) is 8.37. The third-order valence-corrected chi connectivity index (χ3v) is 8.37. The van der Waals surface area contributed by atoms with Crippen LogP contribution in [0.15, 0.2) is 36.8 Å². The summed E-state index contributed by atoms with van der Waals surface area (Å²) in [5.74, 6) is -0.154. The Labute approximate surface area is 251 Å². The molecule has 7 rings (SSSR count). The Bertz CT molecular complexity index is 1860. The summed E-state index contributed by atoms with van der Waals surface area (Å²) >= 11 is 0. The molecule has 0 aromatic carbocycles. The van der Waals surface area contributed by atoms with Crippen LogP contribution in [0.4, 0.5) is 26.5 Å². The molecule has 4 amide bonds. The van der Waals surface area contributed by atoms with Crippen LogP contribution in [0.1, 0.15) is 66.7 Å². The van der Waals surface area contributed by atoms with Crippen molar-refractivity contribution in [1.29, 1.82) is 0 Å². The van der Waals surface area contributed by atoms with Gasteiger partial charge < -0.3 is 15.0 Å². The molecular weight excluding hydrogens is 567 g/mol. The average Bonchev–Trinajstić information content (AvgIpc) is 3.88. The molecule has 0 spiro atoms. The first-order chi connectivity index (χ1) is 21.0. The van der Waals surface area contributed by atoms with E-state index in [2.05, 4.69) is 30.6 Å². The van der Waals surface area contributed by atoms with Gasteiger partial charge in [-0.15, -0.1) is 0 Å². The van der Waals surface area contributed by atoms with E-state index in [0.717, 1.165) is 23.3 Å². The molecule has 2 saturated carbocycles. The van der Waals surface area contributed by atoms with Crippen LogP contribution in [0.3, 0.4) is 0 Å². The number of alkyl halides is 1. The SMILES string of the molecule is Cc1ccnc(C2(F)CC2C(=O)Nc2cc(N[C@H](C)c3cn4cc(C5CC5)cc(N5CC(=O)N(C)C5=O)c4n3)nc(C)n2)n1. The number of nitrogens with zero attached hydrogens (tertiary/aromatic N) is 8. The highest BCUT2D eigenvalue weighted by Gasteiger charge is 2.63. The number of likely N-dealkylation sites (N-methyl/N-ethyl adjacent to an activating group) is 1. The van der Waals surface area contributed by atoms with Gasteiger partial charge in [-0.3, -0.25) is 19.4 Å². The lowest BCUT2D eigenvalue weighted by atomic mass is 10.1. The normalized spacial score (nSPS) is 22.1. The molecule has 1 saturated heterocycles. The lowest BCUT2D eigenvalue weighted by molar-refractivity contribution is -0.124. The Morgan fingerprint density at radius 3 is 2.57 bits per heavy atom. The van der Waals surface area contributed by atoms with E-state index in [1.165, 1.54) is 18.1 Å². The lowest BCUT2D eigenvalue weighted by Crippen LogP contribution is -2.30. The summed E-state index contributed by atoms with van der Waals surface area (Å²) in [6.07, 6.45) is 7.57. The molecule has 0 radical (unpaired) electrons. The van der Waals surface area contributed by atoms with Gasteiger partial charge in [0.25, 0.3) is 0 Å². The van der Waals surface area contributed by atoms with Gasteiger partial charge in [-0.2, -0.15) is 0 Å². The quantitative estimate of drug-likeness (QED) is 0.289. The van der Waals surface area contributed by atoms with Crippen LogP contribution in [-0.2, 0) is 15.3 Å². The topological polar surface area (TPSA) is 151 Å². The Kier molecular flexibility index (Phi) is 6.34. The number of urea groups is 1. The average molecular weight is 599 g/mol. The number of fused-ring (bicyclic) bond motifs is 1. The summed E-state index contributed by atoms with van der Waals surface area (Å²) < 4.78 is 17.3. The highest BCUT2D eigenvalue weighted by molar-refractivity contribution is 6.13. The Morgan fingerprint density at radius 1 is 1.09 bits per heavy atom. The first kappa shape index (κ1) is 27.8. The number of halogens is 1. The van der Waals surface area contributed by atoms with Gasteiger partial charge in [0.15, 0.2) is 17.1 Å².